The predicted molar refractivity (Wildman–Crippen MR) is 72.1 cm³/mol. The normalized spacial score (nSPS) is 10.8. The Hall–Kier alpha value is -2.09. The van der Waals surface area contributed by atoms with Gasteiger partial charge in [-0.3, -0.25) is 0 Å². The van der Waals surface area contributed by atoms with Crippen LogP contribution in [-0.2, 0) is 6.42 Å². The smallest absolute Gasteiger partial charge is 0.126 e. The first kappa shape index (κ1) is 12.4. The Labute approximate surface area is 107 Å². The van der Waals surface area contributed by atoms with E-state index in [0.29, 0.717) is 12.0 Å². The molecule has 0 aliphatic carbocycles. The van der Waals surface area contributed by atoms with Crippen LogP contribution in [0.2, 0.25) is 0 Å². The van der Waals surface area contributed by atoms with Crippen LogP contribution in [0.5, 0.6) is 5.75 Å². The number of methoxy groups -OCH3 is 1. The van der Waals surface area contributed by atoms with Crippen molar-refractivity contribution < 1.29 is 9.13 Å². The zero-order valence-electron chi connectivity index (χ0n) is 10.3. The third-order valence-corrected chi connectivity index (χ3v) is 2.72. The summed E-state index contributed by atoms with van der Waals surface area (Å²) in [5.74, 6) is 0.679. The fraction of sp³-hybridized carbons (Fsp3) is 0.125. The monoisotopic (exact) mass is 242 g/mol. The Kier molecular flexibility index (Phi) is 4.13. The topological polar surface area (TPSA) is 9.23 Å². The largest absolute Gasteiger partial charge is 0.497 e. The number of rotatable bonds is 4. The lowest BCUT2D eigenvalue weighted by Crippen LogP contribution is -1.86. The first-order valence-electron chi connectivity index (χ1n) is 5.83. The number of benzene rings is 2. The Bertz CT molecular complexity index is 529. The average molecular weight is 242 g/mol. The first-order valence-corrected chi connectivity index (χ1v) is 5.83. The van der Waals surface area contributed by atoms with Crippen LogP contribution >= 0.6 is 0 Å². The second-order valence-electron chi connectivity index (χ2n) is 3.97. The standard InChI is InChI=1S/C16H15FO/c1-18-15-11-9-13(10-12-15)5-4-7-14-6-2-3-8-16(14)17/h2-6,8-12H,7H2,1H3. The molecule has 0 radical (unpaired) electrons. The van der Waals surface area contributed by atoms with Crippen molar-refractivity contribution in [3.63, 3.8) is 0 Å². The molecular weight excluding hydrogens is 227 g/mol. The number of halogens is 1. The van der Waals surface area contributed by atoms with E-state index in [4.69, 9.17) is 4.74 Å². The van der Waals surface area contributed by atoms with Crippen LogP contribution in [0.25, 0.3) is 6.08 Å². The van der Waals surface area contributed by atoms with Gasteiger partial charge in [0.25, 0.3) is 0 Å². The van der Waals surface area contributed by atoms with Crippen molar-refractivity contribution in [1.82, 2.24) is 0 Å². The van der Waals surface area contributed by atoms with Crippen molar-refractivity contribution >= 4 is 6.08 Å². The molecule has 0 amide bonds. The van der Waals surface area contributed by atoms with E-state index in [1.807, 2.05) is 42.5 Å². The molecule has 0 atom stereocenters. The number of hydrogen-bond acceptors (Lipinski definition) is 1. The van der Waals surface area contributed by atoms with E-state index in [9.17, 15) is 4.39 Å². The minimum absolute atomic E-state index is 0.156. The molecule has 2 aromatic rings. The zero-order chi connectivity index (χ0) is 12.8. The maximum Gasteiger partial charge on any atom is 0.126 e. The van der Waals surface area contributed by atoms with Crippen molar-refractivity contribution in [1.29, 1.82) is 0 Å². The van der Waals surface area contributed by atoms with Crippen molar-refractivity contribution in [2.24, 2.45) is 0 Å². The van der Waals surface area contributed by atoms with Gasteiger partial charge in [0, 0.05) is 0 Å². The highest BCUT2D eigenvalue weighted by Crippen LogP contribution is 2.13. The SMILES string of the molecule is COc1ccc(C=CCc2ccccc2F)cc1. The summed E-state index contributed by atoms with van der Waals surface area (Å²) in [6.45, 7) is 0. The van der Waals surface area contributed by atoms with Gasteiger partial charge in [-0.1, -0.05) is 42.5 Å². The van der Waals surface area contributed by atoms with Gasteiger partial charge in [0.05, 0.1) is 7.11 Å². The fourth-order valence-corrected chi connectivity index (χ4v) is 1.70. The van der Waals surface area contributed by atoms with Crippen LogP contribution in [-0.4, -0.2) is 7.11 Å². The number of allylic oxidation sites excluding steroid dienone is 1. The Morgan fingerprint density at radius 2 is 1.78 bits per heavy atom. The molecule has 0 saturated carbocycles. The summed E-state index contributed by atoms with van der Waals surface area (Å²) >= 11 is 0. The molecule has 0 aliphatic heterocycles. The molecule has 0 saturated heterocycles. The molecule has 0 N–H and O–H groups in total. The lowest BCUT2D eigenvalue weighted by molar-refractivity contribution is 0.415. The molecule has 2 rings (SSSR count). The number of hydrogen-bond donors (Lipinski definition) is 0. The first-order chi connectivity index (χ1) is 8.79. The fourth-order valence-electron chi connectivity index (χ4n) is 1.70. The van der Waals surface area contributed by atoms with E-state index in [1.54, 1.807) is 19.2 Å². The second kappa shape index (κ2) is 6.01. The van der Waals surface area contributed by atoms with Crippen LogP contribution in [0.4, 0.5) is 4.39 Å². The molecule has 2 heteroatoms. The van der Waals surface area contributed by atoms with Crippen molar-refractivity contribution in [3.05, 3.63) is 71.6 Å². The highest BCUT2D eigenvalue weighted by atomic mass is 19.1. The zero-order valence-corrected chi connectivity index (χ0v) is 10.3. The van der Waals surface area contributed by atoms with Gasteiger partial charge in [0.2, 0.25) is 0 Å². The Morgan fingerprint density at radius 1 is 1.06 bits per heavy atom. The summed E-state index contributed by atoms with van der Waals surface area (Å²) in [6.07, 6.45) is 4.53. The van der Waals surface area contributed by atoms with Crippen LogP contribution in [0.1, 0.15) is 11.1 Å². The van der Waals surface area contributed by atoms with Gasteiger partial charge in [0.15, 0.2) is 0 Å². The van der Waals surface area contributed by atoms with Crippen molar-refractivity contribution in [2.45, 2.75) is 6.42 Å². The van der Waals surface area contributed by atoms with Gasteiger partial charge in [0.1, 0.15) is 11.6 Å². The van der Waals surface area contributed by atoms with Gasteiger partial charge in [-0.05, 0) is 35.7 Å². The summed E-state index contributed by atoms with van der Waals surface area (Å²) in [4.78, 5) is 0. The maximum absolute atomic E-state index is 13.4. The highest BCUT2D eigenvalue weighted by Gasteiger charge is 1.97. The second-order valence-corrected chi connectivity index (χ2v) is 3.97. The van der Waals surface area contributed by atoms with E-state index in [2.05, 4.69) is 0 Å². The molecule has 0 spiro atoms. The van der Waals surface area contributed by atoms with Gasteiger partial charge < -0.3 is 4.74 Å². The molecule has 92 valence electrons. The molecule has 0 aliphatic rings. The minimum atomic E-state index is -0.156. The third kappa shape index (κ3) is 3.20. The van der Waals surface area contributed by atoms with E-state index in [-0.39, 0.29) is 5.82 Å². The number of ether oxygens (including phenoxy) is 1. The van der Waals surface area contributed by atoms with Crippen molar-refractivity contribution in [3.8, 4) is 5.75 Å². The molecule has 0 unspecified atom stereocenters. The van der Waals surface area contributed by atoms with E-state index < -0.39 is 0 Å². The minimum Gasteiger partial charge on any atom is -0.497 e. The summed E-state index contributed by atoms with van der Waals surface area (Å²) in [5, 5.41) is 0. The molecule has 0 heterocycles. The maximum atomic E-state index is 13.4. The molecule has 0 aromatic heterocycles. The summed E-state index contributed by atoms with van der Waals surface area (Å²) in [6, 6.07) is 14.6. The average Bonchev–Trinajstić information content (AvgIpc) is 2.42. The quantitative estimate of drug-likeness (QED) is 0.784. The molecule has 18 heavy (non-hydrogen) atoms. The predicted octanol–water partition coefficient (Wildman–Crippen LogP) is 4.09. The van der Waals surface area contributed by atoms with E-state index in [0.717, 1.165) is 11.3 Å². The molecule has 0 fully saturated rings. The van der Waals surface area contributed by atoms with Gasteiger partial charge in [-0.15, -0.1) is 0 Å². The molecule has 0 bridgehead atoms. The third-order valence-electron chi connectivity index (χ3n) is 2.72. The molecule has 2 aromatic carbocycles. The lowest BCUT2D eigenvalue weighted by atomic mass is 10.1. The van der Waals surface area contributed by atoms with Crippen LogP contribution in [0.15, 0.2) is 54.6 Å². The lowest BCUT2D eigenvalue weighted by Gasteiger charge is -2.00. The van der Waals surface area contributed by atoms with Crippen molar-refractivity contribution in [2.75, 3.05) is 7.11 Å². The Morgan fingerprint density at radius 3 is 2.44 bits per heavy atom. The van der Waals surface area contributed by atoms with Gasteiger partial charge in [-0.25, -0.2) is 4.39 Å². The molecular formula is C16H15FO. The van der Waals surface area contributed by atoms with E-state index >= 15 is 0 Å². The summed E-state index contributed by atoms with van der Waals surface area (Å²) < 4.78 is 18.4. The highest BCUT2D eigenvalue weighted by molar-refractivity contribution is 5.51. The molecule has 1 nitrogen and oxygen atoms in total. The van der Waals surface area contributed by atoms with Gasteiger partial charge in [-0.2, -0.15) is 0 Å². The summed E-state index contributed by atoms with van der Waals surface area (Å²) in [7, 11) is 1.64. The van der Waals surface area contributed by atoms with E-state index in [1.165, 1.54) is 6.07 Å². The Balaban J connectivity index is 2.01. The van der Waals surface area contributed by atoms with Crippen LogP contribution < -0.4 is 4.74 Å². The van der Waals surface area contributed by atoms with Crippen LogP contribution in [0.3, 0.4) is 0 Å². The summed E-state index contributed by atoms with van der Waals surface area (Å²) in [5.41, 5.74) is 1.79. The van der Waals surface area contributed by atoms with Crippen LogP contribution in [0, 0.1) is 5.82 Å². The van der Waals surface area contributed by atoms with Gasteiger partial charge >= 0.3 is 0 Å².